The van der Waals surface area contributed by atoms with Crippen molar-refractivity contribution in [1.29, 1.82) is 0 Å². The molecule has 6 rings (SSSR count). The fourth-order valence-electron chi connectivity index (χ4n) is 5.00. The minimum atomic E-state index is -0.660. The predicted octanol–water partition coefficient (Wildman–Crippen LogP) is 7.61. The zero-order chi connectivity index (χ0) is 29.8. The number of nitrogens with zero attached hydrogens (tertiary/aromatic N) is 2. The third kappa shape index (κ3) is 5.54. The molecule has 0 spiro atoms. The summed E-state index contributed by atoms with van der Waals surface area (Å²) in [6, 6.07) is 39.8. The Kier molecular flexibility index (Phi) is 7.57. The van der Waals surface area contributed by atoms with Gasteiger partial charge in [-0.15, -0.1) is 0 Å². The standard InChI is InChI=1S/C37H26N2O4/c1-25-12-8-9-17-30(25)34(38-43-37(42)28-15-6-3-7-16-28)36(41)32-24-39(33-19-11-10-18-31(32)33)29-22-20-27(21-23-29)35(40)26-13-4-2-5-14-26/h2-24H,1H3/b38-34+. The highest BCUT2D eigenvalue weighted by atomic mass is 16.7. The molecular weight excluding hydrogens is 536 g/mol. The number of aryl methyl sites for hydroxylation is 1. The first-order valence-corrected chi connectivity index (χ1v) is 13.8. The minimum Gasteiger partial charge on any atom is -0.316 e. The van der Waals surface area contributed by atoms with E-state index in [0.29, 0.717) is 33.2 Å². The molecule has 6 nitrogen and oxygen atoms in total. The molecule has 1 heterocycles. The molecule has 0 amide bonds. The summed E-state index contributed by atoms with van der Waals surface area (Å²) in [6.07, 6.45) is 1.76. The first-order chi connectivity index (χ1) is 21.0. The normalized spacial score (nSPS) is 11.3. The number of oxime groups is 1. The fourth-order valence-corrected chi connectivity index (χ4v) is 5.00. The Morgan fingerprint density at radius 2 is 1.19 bits per heavy atom. The summed E-state index contributed by atoms with van der Waals surface area (Å²) in [4.78, 5) is 45.2. The van der Waals surface area contributed by atoms with E-state index in [1.54, 1.807) is 66.9 Å². The number of fused-ring (bicyclic) bond motifs is 1. The van der Waals surface area contributed by atoms with Crippen LogP contribution in [0.1, 0.15) is 47.8 Å². The number of hydrogen-bond donors (Lipinski definition) is 0. The van der Waals surface area contributed by atoms with Gasteiger partial charge in [-0.3, -0.25) is 9.59 Å². The SMILES string of the molecule is Cc1ccccc1/C(=N\OC(=O)c1ccccc1)C(=O)c1cn(-c2ccc(C(=O)c3ccccc3)cc2)c2ccccc12. The van der Waals surface area contributed by atoms with Crippen molar-refractivity contribution >= 4 is 34.2 Å². The number of para-hydroxylation sites is 1. The Bertz CT molecular complexity index is 1990. The van der Waals surface area contributed by atoms with Crippen molar-refractivity contribution in [3.8, 4) is 5.69 Å². The number of hydrogen-bond acceptors (Lipinski definition) is 5. The number of carbonyl (C=O) groups is 3. The smallest absolute Gasteiger partial charge is 0.316 e. The molecule has 0 fully saturated rings. The van der Waals surface area contributed by atoms with E-state index in [4.69, 9.17) is 4.84 Å². The molecule has 0 atom stereocenters. The van der Waals surface area contributed by atoms with Crippen LogP contribution in [-0.4, -0.2) is 27.8 Å². The molecule has 0 N–H and O–H groups in total. The Morgan fingerprint density at radius 1 is 0.605 bits per heavy atom. The summed E-state index contributed by atoms with van der Waals surface area (Å²) in [6.45, 7) is 1.87. The second-order valence-electron chi connectivity index (χ2n) is 10.0. The maximum atomic E-state index is 14.2. The number of benzene rings is 5. The van der Waals surface area contributed by atoms with Gasteiger partial charge in [0, 0.05) is 34.0 Å². The molecule has 0 bridgehead atoms. The van der Waals surface area contributed by atoms with Gasteiger partial charge in [-0.1, -0.05) is 96.2 Å². The van der Waals surface area contributed by atoms with Crippen molar-refractivity contribution in [2.24, 2.45) is 5.16 Å². The Balaban J connectivity index is 1.39. The molecule has 5 aromatic carbocycles. The number of carbonyl (C=O) groups excluding carboxylic acids is 3. The van der Waals surface area contributed by atoms with Crippen molar-refractivity contribution in [3.63, 3.8) is 0 Å². The van der Waals surface area contributed by atoms with Gasteiger partial charge in [-0.2, -0.15) is 0 Å². The van der Waals surface area contributed by atoms with Crippen LogP contribution in [0.25, 0.3) is 16.6 Å². The van der Waals surface area contributed by atoms with Crippen molar-refractivity contribution in [2.75, 3.05) is 0 Å². The van der Waals surface area contributed by atoms with Gasteiger partial charge >= 0.3 is 5.97 Å². The van der Waals surface area contributed by atoms with Gasteiger partial charge in [0.15, 0.2) is 11.5 Å². The molecule has 1 aromatic heterocycles. The zero-order valence-corrected chi connectivity index (χ0v) is 23.3. The molecule has 0 saturated carbocycles. The Labute approximate surface area is 248 Å². The lowest BCUT2D eigenvalue weighted by atomic mass is 9.97. The van der Waals surface area contributed by atoms with Gasteiger partial charge in [0.05, 0.1) is 16.6 Å². The monoisotopic (exact) mass is 562 g/mol. The number of Topliss-reactive ketones (excluding diaryl/α,β-unsaturated/α-hetero) is 1. The maximum Gasteiger partial charge on any atom is 0.365 e. The largest absolute Gasteiger partial charge is 0.365 e. The third-order valence-electron chi connectivity index (χ3n) is 7.24. The van der Waals surface area contributed by atoms with E-state index in [1.165, 1.54) is 0 Å². The Morgan fingerprint density at radius 3 is 1.88 bits per heavy atom. The van der Waals surface area contributed by atoms with E-state index in [2.05, 4.69) is 5.16 Å². The third-order valence-corrected chi connectivity index (χ3v) is 7.24. The van der Waals surface area contributed by atoms with Gasteiger partial charge in [-0.05, 0) is 55.0 Å². The summed E-state index contributed by atoms with van der Waals surface area (Å²) in [5, 5.41) is 4.84. The van der Waals surface area contributed by atoms with Gasteiger partial charge in [0.25, 0.3) is 0 Å². The molecule has 43 heavy (non-hydrogen) atoms. The summed E-state index contributed by atoms with van der Waals surface area (Å²) >= 11 is 0. The van der Waals surface area contributed by atoms with E-state index >= 15 is 0 Å². The Hall–Kier alpha value is -5.88. The highest BCUT2D eigenvalue weighted by molar-refractivity contribution is 6.53. The van der Waals surface area contributed by atoms with Crippen LogP contribution in [0.5, 0.6) is 0 Å². The predicted molar refractivity (Wildman–Crippen MR) is 167 cm³/mol. The first kappa shape index (κ1) is 27.3. The van der Waals surface area contributed by atoms with Crippen molar-refractivity contribution in [3.05, 3.63) is 173 Å². The average Bonchev–Trinajstić information content (AvgIpc) is 3.46. The quantitative estimate of drug-likeness (QED) is 0.0828. The number of ketones is 2. The van der Waals surface area contributed by atoms with Crippen LogP contribution in [0.15, 0.2) is 145 Å². The van der Waals surface area contributed by atoms with E-state index in [1.807, 2.05) is 84.3 Å². The highest BCUT2D eigenvalue weighted by Crippen LogP contribution is 2.27. The molecule has 6 heteroatoms. The lowest BCUT2D eigenvalue weighted by molar-refractivity contribution is 0.0516. The molecule has 0 aliphatic carbocycles. The average molecular weight is 563 g/mol. The van der Waals surface area contributed by atoms with Gasteiger partial charge in [0.2, 0.25) is 5.78 Å². The molecule has 0 aliphatic rings. The second kappa shape index (κ2) is 11.9. The van der Waals surface area contributed by atoms with Crippen LogP contribution in [0.2, 0.25) is 0 Å². The number of rotatable bonds is 8. The van der Waals surface area contributed by atoms with Crippen LogP contribution >= 0.6 is 0 Å². The summed E-state index contributed by atoms with van der Waals surface area (Å²) < 4.78 is 1.91. The van der Waals surface area contributed by atoms with E-state index in [-0.39, 0.29) is 17.3 Å². The molecular formula is C37H26N2O4. The second-order valence-corrected chi connectivity index (χ2v) is 10.0. The number of aromatic nitrogens is 1. The van der Waals surface area contributed by atoms with Crippen LogP contribution in [0.4, 0.5) is 0 Å². The topological polar surface area (TPSA) is 77.7 Å². The van der Waals surface area contributed by atoms with Gasteiger partial charge < -0.3 is 9.40 Å². The van der Waals surface area contributed by atoms with Crippen LogP contribution in [-0.2, 0) is 4.84 Å². The van der Waals surface area contributed by atoms with Crippen molar-refractivity contribution < 1.29 is 19.2 Å². The molecule has 0 radical (unpaired) electrons. The highest BCUT2D eigenvalue weighted by Gasteiger charge is 2.24. The lowest BCUT2D eigenvalue weighted by Crippen LogP contribution is -2.18. The first-order valence-electron chi connectivity index (χ1n) is 13.8. The van der Waals surface area contributed by atoms with Crippen molar-refractivity contribution in [1.82, 2.24) is 4.57 Å². The van der Waals surface area contributed by atoms with Crippen LogP contribution < -0.4 is 0 Å². The molecule has 0 unspecified atom stereocenters. The van der Waals surface area contributed by atoms with Gasteiger partial charge in [-0.25, -0.2) is 4.79 Å². The van der Waals surface area contributed by atoms with Crippen LogP contribution in [0, 0.1) is 6.92 Å². The van der Waals surface area contributed by atoms with Gasteiger partial charge in [0.1, 0.15) is 0 Å². The molecule has 0 saturated heterocycles. The fraction of sp³-hybridized carbons (Fsp3) is 0.0270. The summed E-state index contributed by atoms with van der Waals surface area (Å²) in [7, 11) is 0. The maximum absolute atomic E-state index is 14.2. The molecule has 0 aliphatic heterocycles. The van der Waals surface area contributed by atoms with E-state index in [9.17, 15) is 14.4 Å². The van der Waals surface area contributed by atoms with E-state index in [0.717, 1.165) is 16.8 Å². The molecule has 208 valence electrons. The van der Waals surface area contributed by atoms with Crippen molar-refractivity contribution in [2.45, 2.75) is 6.92 Å². The van der Waals surface area contributed by atoms with E-state index < -0.39 is 5.97 Å². The lowest BCUT2D eigenvalue weighted by Gasteiger charge is -2.08. The molecule has 6 aromatic rings. The van der Waals surface area contributed by atoms with Crippen LogP contribution in [0.3, 0.4) is 0 Å². The minimum absolute atomic E-state index is 0.0223. The summed E-state index contributed by atoms with van der Waals surface area (Å²) in [5.41, 5.74) is 4.90. The zero-order valence-electron chi connectivity index (χ0n) is 23.3. The summed E-state index contributed by atoms with van der Waals surface area (Å²) in [5.74, 6) is -1.11.